The number of nitrogens with zero attached hydrogens (tertiary/aromatic N) is 1. The van der Waals surface area contributed by atoms with Crippen LogP contribution < -0.4 is 5.32 Å². The molecule has 0 aromatic heterocycles. The summed E-state index contributed by atoms with van der Waals surface area (Å²) in [5, 5.41) is 3.54. The Morgan fingerprint density at radius 1 is 0.950 bits per heavy atom. The zero-order valence-electron chi connectivity index (χ0n) is 14.1. The second-order valence-corrected chi connectivity index (χ2v) is 5.23. The molecule has 4 nitrogen and oxygen atoms in total. The maximum Gasteiger partial charge on any atom is 0.0593 e. The van der Waals surface area contributed by atoms with Crippen molar-refractivity contribution in [2.24, 2.45) is 0 Å². The van der Waals surface area contributed by atoms with E-state index in [4.69, 9.17) is 9.47 Å². The van der Waals surface area contributed by atoms with Crippen molar-refractivity contribution in [2.75, 3.05) is 52.6 Å². The molecule has 20 heavy (non-hydrogen) atoms. The van der Waals surface area contributed by atoms with Crippen LogP contribution in [-0.4, -0.2) is 63.5 Å². The fourth-order valence-corrected chi connectivity index (χ4v) is 2.13. The van der Waals surface area contributed by atoms with Crippen LogP contribution in [0.15, 0.2) is 0 Å². The Kier molecular flexibility index (Phi) is 15.1. The topological polar surface area (TPSA) is 33.7 Å². The van der Waals surface area contributed by atoms with Crippen LogP contribution in [0.2, 0.25) is 0 Å². The summed E-state index contributed by atoms with van der Waals surface area (Å²) in [4.78, 5) is 2.46. The Hall–Kier alpha value is -0.160. The van der Waals surface area contributed by atoms with Crippen molar-refractivity contribution < 1.29 is 9.47 Å². The van der Waals surface area contributed by atoms with Gasteiger partial charge in [-0.3, -0.25) is 4.90 Å². The molecule has 1 unspecified atom stereocenters. The van der Waals surface area contributed by atoms with E-state index in [1.54, 1.807) is 0 Å². The van der Waals surface area contributed by atoms with Gasteiger partial charge in [-0.15, -0.1) is 0 Å². The molecule has 1 atom stereocenters. The maximum absolute atomic E-state index is 5.46. The predicted octanol–water partition coefficient (Wildman–Crippen LogP) is 2.53. The molecule has 0 spiro atoms. The minimum absolute atomic E-state index is 0.621. The van der Waals surface area contributed by atoms with Gasteiger partial charge in [0.05, 0.1) is 13.2 Å². The van der Waals surface area contributed by atoms with Crippen molar-refractivity contribution in [3.63, 3.8) is 0 Å². The molecular formula is C16H36N2O2. The van der Waals surface area contributed by atoms with Gasteiger partial charge in [-0.25, -0.2) is 0 Å². The molecule has 0 aromatic carbocycles. The summed E-state index contributed by atoms with van der Waals surface area (Å²) in [5.74, 6) is 0. The number of rotatable bonds is 15. The fraction of sp³-hybridized carbons (Fsp3) is 1.00. The van der Waals surface area contributed by atoms with Crippen LogP contribution in [0, 0.1) is 0 Å². The summed E-state index contributed by atoms with van der Waals surface area (Å²) in [6.07, 6.45) is 3.68. The van der Waals surface area contributed by atoms with E-state index in [0.717, 1.165) is 52.6 Å². The van der Waals surface area contributed by atoms with Crippen LogP contribution in [0.3, 0.4) is 0 Å². The molecule has 0 saturated carbocycles. The molecule has 0 saturated heterocycles. The van der Waals surface area contributed by atoms with Crippen LogP contribution in [-0.2, 0) is 9.47 Å². The molecular weight excluding hydrogens is 252 g/mol. The minimum atomic E-state index is 0.621. The van der Waals surface area contributed by atoms with Gasteiger partial charge in [-0.2, -0.15) is 0 Å². The van der Waals surface area contributed by atoms with Crippen LogP contribution in [0.4, 0.5) is 0 Å². The van der Waals surface area contributed by atoms with E-state index in [9.17, 15) is 0 Å². The molecule has 4 heteroatoms. The van der Waals surface area contributed by atoms with Crippen LogP contribution >= 0.6 is 0 Å². The zero-order valence-corrected chi connectivity index (χ0v) is 14.1. The minimum Gasteiger partial charge on any atom is -0.380 e. The quantitative estimate of drug-likeness (QED) is 0.470. The third-order valence-electron chi connectivity index (χ3n) is 3.37. The summed E-state index contributed by atoms with van der Waals surface area (Å²) < 4.78 is 10.9. The Labute approximate surface area is 126 Å². The molecule has 0 rings (SSSR count). The highest BCUT2D eigenvalue weighted by molar-refractivity contribution is 4.63. The molecule has 0 bridgehead atoms. The monoisotopic (exact) mass is 288 g/mol. The van der Waals surface area contributed by atoms with E-state index in [-0.39, 0.29) is 0 Å². The van der Waals surface area contributed by atoms with Gasteiger partial charge in [-0.05, 0) is 53.1 Å². The second kappa shape index (κ2) is 15.2. The molecule has 0 heterocycles. The third kappa shape index (κ3) is 12.9. The molecule has 1 N–H and O–H groups in total. The lowest BCUT2D eigenvalue weighted by Crippen LogP contribution is -2.33. The van der Waals surface area contributed by atoms with Crippen LogP contribution in [0.25, 0.3) is 0 Å². The highest BCUT2D eigenvalue weighted by Gasteiger charge is 2.06. The van der Waals surface area contributed by atoms with E-state index < -0.39 is 0 Å². The second-order valence-electron chi connectivity index (χ2n) is 5.23. The van der Waals surface area contributed by atoms with Crippen LogP contribution in [0.1, 0.15) is 47.0 Å². The normalized spacial score (nSPS) is 13.1. The number of hydrogen-bond acceptors (Lipinski definition) is 4. The van der Waals surface area contributed by atoms with Gasteiger partial charge in [0.1, 0.15) is 0 Å². The van der Waals surface area contributed by atoms with Crippen molar-refractivity contribution in [1.82, 2.24) is 10.2 Å². The molecule has 0 aliphatic rings. The van der Waals surface area contributed by atoms with E-state index >= 15 is 0 Å². The molecule has 0 amide bonds. The van der Waals surface area contributed by atoms with Gasteiger partial charge in [0, 0.05) is 32.3 Å². The van der Waals surface area contributed by atoms with Crippen molar-refractivity contribution in [3.8, 4) is 0 Å². The standard InChI is InChI=1S/C16H36N2O2/c1-5-10-17-16(4)9-8-11-18(12-14-19-6-2)13-15-20-7-3/h16-17H,5-15H2,1-4H3. The first-order valence-electron chi connectivity index (χ1n) is 8.35. The average Bonchev–Trinajstić information content (AvgIpc) is 2.45. The Bertz CT molecular complexity index is 181. The molecule has 0 aromatic rings. The van der Waals surface area contributed by atoms with Gasteiger partial charge in [0.25, 0.3) is 0 Å². The molecule has 0 radical (unpaired) electrons. The Morgan fingerprint density at radius 2 is 1.55 bits per heavy atom. The molecule has 0 aliphatic carbocycles. The van der Waals surface area contributed by atoms with Crippen molar-refractivity contribution >= 4 is 0 Å². The SMILES string of the molecule is CCCNC(C)CCCN(CCOCC)CCOCC. The maximum atomic E-state index is 5.46. The third-order valence-corrected chi connectivity index (χ3v) is 3.37. The van der Waals surface area contributed by atoms with Gasteiger partial charge in [0.15, 0.2) is 0 Å². The van der Waals surface area contributed by atoms with Gasteiger partial charge < -0.3 is 14.8 Å². The Morgan fingerprint density at radius 3 is 2.05 bits per heavy atom. The predicted molar refractivity (Wildman–Crippen MR) is 86.4 cm³/mol. The number of ether oxygens (including phenoxy) is 2. The summed E-state index contributed by atoms with van der Waals surface area (Å²) in [5.41, 5.74) is 0. The van der Waals surface area contributed by atoms with Crippen molar-refractivity contribution in [3.05, 3.63) is 0 Å². The van der Waals surface area contributed by atoms with Crippen LogP contribution in [0.5, 0.6) is 0 Å². The first-order chi connectivity index (χ1) is 9.74. The van der Waals surface area contributed by atoms with E-state index in [1.807, 2.05) is 13.8 Å². The summed E-state index contributed by atoms with van der Waals surface area (Å²) in [7, 11) is 0. The highest BCUT2D eigenvalue weighted by atomic mass is 16.5. The summed E-state index contributed by atoms with van der Waals surface area (Å²) >= 11 is 0. The van der Waals surface area contributed by atoms with Crippen molar-refractivity contribution in [1.29, 1.82) is 0 Å². The smallest absolute Gasteiger partial charge is 0.0593 e. The van der Waals surface area contributed by atoms with E-state index in [0.29, 0.717) is 6.04 Å². The highest BCUT2D eigenvalue weighted by Crippen LogP contribution is 2.00. The lowest BCUT2D eigenvalue weighted by molar-refractivity contribution is 0.0818. The summed E-state index contributed by atoms with van der Waals surface area (Å²) in [6, 6.07) is 0.621. The number of hydrogen-bond donors (Lipinski definition) is 1. The first-order valence-corrected chi connectivity index (χ1v) is 8.35. The molecule has 0 aliphatic heterocycles. The lowest BCUT2D eigenvalue weighted by atomic mass is 10.1. The molecule has 0 fully saturated rings. The first kappa shape index (κ1) is 19.8. The lowest BCUT2D eigenvalue weighted by Gasteiger charge is -2.23. The Balaban J connectivity index is 3.76. The van der Waals surface area contributed by atoms with Crippen molar-refractivity contribution in [2.45, 2.75) is 53.0 Å². The summed E-state index contributed by atoms with van der Waals surface area (Å²) in [6.45, 7) is 16.1. The molecule has 122 valence electrons. The number of nitrogens with one attached hydrogen (secondary N) is 1. The average molecular weight is 288 g/mol. The van der Waals surface area contributed by atoms with Gasteiger partial charge in [0.2, 0.25) is 0 Å². The zero-order chi connectivity index (χ0) is 15.1. The fourth-order valence-electron chi connectivity index (χ4n) is 2.13. The van der Waals surface area contributed by atoms with E-state index in [1.165, 1.54) is 19.3 Å². The largest absolute Gasteiger partial charge is 0.380 e. The van der Waals surface area contributed by atoms with Gasteiger partial charge in [-0.1, -0.05) is 6.92 Å². The van der Waals surface area contributed by atoms with E-state index in [2.05, 4.69) is 24.1 Å². The van der Waals surface area contributed by atoms with Gasteiger partial charge >= 0.3 is 0 Å².